The van der Waals surface area contributed by atoms with E-state index in [4.69, 9.17) is 4.74 Å². The molecule has 136 valence electrons. The van der Waals surface area contributed by atoms with Crippen LogP contribution in [0, 0.1) is 0 Å². The van der Waals surface area contributed by atoms with Gasteiger partial charge in [0.15, 0.2) is 6.10 Å². The van der Waals surface area contributed by atoms with Crippen molar-refractivity contribution in [3.8, 4) is 5.75 Å². The number of hydrogen-bond donors (Lipinski definition) is 2. The van der Waals surface area contributed by atoms with Gasteiger partial charge < -0.3 is 20.1 Å². The Kier molecular flexibility index (Phi) is 8.04. The van der Waals surface area contributed by atoms with E-state index < -0.39 is 37.0 Å². The predicted molar refractivity (Wildman–Crippen MR) is 84.2 cm³/mol. The van der Waals surface area contributed by atoms with Gasteiger partial charge in [-0.3, -0.25) is 14.4 Å². The van der Waals surface area contributed by atoms with Crippen molar-refractivity contribution in [2.24, 2.45) is 0 Å². The summed E-state index contributed by atoms with van der Waals surface area (Å²) in [5, 5.41) is 4.66. The van der Waals surface area contributed by atoms with E-state index in [1.807, 2.05) is 0 Å². The second kappa shape index (κ2) is 10.0. The summed E-state index contributed by atoms with van der Waals surface area (Å²) in [4.78, 5) is 35.2. The van der Waals surface area contributed by atoms with Crippen molar-refractivity contribution in [3.05, 3.63) is 42.5 Å². The maximum atomic E-state index is 12.3. The summed E-state index contributed by atoms with van der Waals surface area (Å²) < 4.78 is 33.7. The molecule has 2 N–H and O–H groups in total. The maximum Gasteiger partial charge on any atom is 0.387 e. The minimum absolute atomic E-state index is 0.160. The standard InChI is InChI=1S/C16H18F2N2O5/c1-3-8-19-14(22)10(2)24-13(21)9-20-15(23)11-6-4-5-7-12(11)25-16(17)18/h3-7,10,16H,1,8-9H2,2H3,(H,19,22)(H,20,23)/t10-/m0/s1. The van der Waals surface area contributed by atoms with E-state index in [0.717, 1.165) is 0 Å². The molecule has 9 heteroatoms. The van der Waals surface area contributed by atoms with Gasteiger partial charge in [0, 0.05) is 6.54 Å². The number of carbonyl (C=O) groups is 3. The highest BCUT2D eigenvalue weighted by Crippen LogP contribution is 2.19. The van der Waals surface area contributed by atoms with Crippen LogP contribution in [0.2, 0.25) is 0 Å². The van der Waals surface area contributed by atoms with Crippen LogP contribution in [0.15, 0.2) is 36.9 Å². The molecule has 2 amide bonds. The number of rotatable bonds is 9. The number of halogens is 2. The quantitative estimate of drug-likeness (QED) is 0.513. The molecule has 1 aromatic rings. The minimum atomic E-state index is -3.09. The Balaban J connectivity index is 2.55. The second-order valence-electron chi connectivity index (χ2n) is 4.72. The average molecular weight is 356 g/mol. The van der Waals surface area contributed by atoms with Gasteiger partial charge in [0.05, 0.1) is 5.56 Å². The van der Waals surface area contributed by atoms with E-state index >= 15 is 0 Å². The smallest absolute Gasteiger partial charge is 0.387 e. The van der Waals surface area contributed by atoms with Crippen molar-refractivity contribution in [2.75, 3.05) is 13.1 Å². The molecule has 0 saturated carbocycles. The molecule has 25 heavy (non-hydrogen) atoms. The third-order valence-corrected chi connectivity index (χ3v) is 2.84. The van der Waals surface area contributed by atoms with Gasteiger partial charge in [-0.15, -0.1) is 6.58 Å². The Hall–Kier alpha value is -2.97. The molecule has 0 unspecified atom stereocenters. The molecule has 0 bridgehead atoms. The van der Waals surface area contributed by atoms with E-state index in [0.29, 0.717) is 0 Å². The maximum absolute atomic E-state index is 12.3. The third kappa shape index (κ3) is 6.98. The summed E-state index contributed by atoms with van der Waals surface area (Å²) in [7, 11) is 0. The molecule has 7 nitrogen and oxygen atoms in total. The molecule has 0 aliphatic rings. The molecule has 1 atom stereocenters. The van der Waals surface area contributed by atoms with Crippen LogP contribution in [0.25, 0.3) is 0 Å². The lowest BCUT2D eigenvalue weighted by atomic mass is 10.2. The fraction of sp³-hybridized carbons (Fsp3) is 0.312. The van der Waals surface area contributed by atoms with Crippen LogP contribution in [0.3, 0.4) is 0 Å². The molecule has 1 rings (SSSR count). The molecule has 0 saturated heterocycles. The number of hydrogen-bond acceptors (Lipinski definition) is 5. The van der Waals surface area contributed by atoms with Gasteiger partial charge in [-0.05, 0) is 19.1 Å². The van der Waals surface area contributed by atoms with Crippen LogP contribution in [0.1, 0.15) is 17.3 Å². The predicted octanol–water partition coefficient (Wildman–Crippen LogP) is 1.25. The zero-order chi connectivity index (χ0) is 18.8. The topological polar surface area (TPSA) is 93.7 Å². The van der Waals surface area contributed by atoms with Gasteiger partial charge in [0.25, 0.3) is 11.8 Å². The van der Waals surface area contributed by atoms with Crippen LogP contribution in [0.5, 0.6) is 5.75 Å². The highest BCUT2D eigenvalue weighted by atomic mass is 19.3. The van der Waals surface area contributed by atoms with Crippen LogP contribution >= 0.6 is 0 Å². The Morgan fingerprint density at radius 1 is 1.24 bits per heavy atom. The van der Waals surface area contributed by atoms with E-state index in [2.05, 4.69) is 21.9 Å². The first kappa shape index (κ1) is 20.1. The van der Waals surface area contributed by atoms with Gasteiger partial charge in [-0.2, -0.15) is 8.78 Å². The summed E-state index contributed by atoms with van der Waals surface area (Å²) in [6.45, 7) is 1.38. The van der Waals surface area contributed by atoms with Gasteiger partial charge in [0.2, 0.25) is 0 Å². The third-order valence-electron chi connectivity index (χ3n) is 2.84. The number of alkyl halides is 2. The molecule has 0 spiro atoms. The lowest BCUT2D eigenvalue weighted by Crippen LogP contribution is -2.38. The van der Waals surface area contributed by atoms with Crippen LogP contribution in [0.4, 0.5) is 8.78 Å². The molecule has 0 fully saturated rings. The summed E-state index contributed by atoms with van der Waals surface area (Å²) in [6, 6.07) is 5.35. The van der Waals surface area contributed by atoms with Gasteiger partial charge in [0.1, 0.15) is 12.3 Å². The number of para-hydroxylation sites is 1. The number of amides is 2. The molecule has 1 aromatic carbocycles. The van der Waals surface area contributed by atoms with Gasteiger partial charge in [-0.1, -0.05) is 18.2 Å². The van der Waals surface area contributed by atoms with Crippen LogP contribution < -0.4 is 15.4 Å². The van der Waals surface area contributed by atoms with Crippen molar-refractivity contribution in [1.29, 1.82) is 0 Å². The Morgan fingerprint density at radius 2 is 1.92 bits per heavy atom. The molecule has 0 radical (unpaired) electrons. The van der Waals surface area contributed by atoms with Crippen LogP contribution in [-0.4, -0.2) is 43.6 Å². The molecular formula is C16H18F2N2O5. The van der Waals surface area contributed by atoms with Crippen LogP contribution in [-0.2, 0) is 14.3 Å². The van der Waals surface area contributed by atoms with E-state index in [1.165, 1.54) is 37.3 Å². The lowest BCUT2D eigenvalue weighted by molar-refractivity contribution is -0.153. The molecule has 0 aliphatic heterocycles. The van der Waals surface area contributed by atoms with Crippen molar-refractivity contribution >= 4 is 17.8 Å². The number of nitrogens with one attached hydrogen (secondary N) is 2. The summed E-state index contributed by atoms with van der Waals surface area (Å²) >= 11 is 0. The highest BCUT2D eigenvalue weighted by molar-refractivity contribution is 5.98. The molecule has 0 heterocycles. The van der Waals surface area contributed by atoms with E-state index in [-0.39, 0.29) is 17.9 Å². The van der Waals surface area contributed by atoms with Gasteiger partial charge >= 0.3 is 12.6 Å². The number of ether oxygens (including phenoxy) is 2. The summed E-state index contributed by atoms with van der Waals surface area (Å²) in [6.07, 6.45) is 0.407. The first-order valence-corrected chi connectivity index (χ1v) is 7.25. The molecule has 0 aromatic heterocycles. The van der Waals surface area contributed by atoms with Crippen molar-refractivity contribution in [2.45, 2.75) is 19.6 Å². The number of benzene rings is 1. The lowest BCUT2D eigenvalue weighted by Gasteiger charge is -2.14. The largest absolute Gasteiger partial charge is 0.451 e. The fourth-order valence-electron chi connectivity index (χ4n) is 1.71. The Morgan fingerprint density at radius 3 is 2.56 bits per heavy atom. The molecular weight excluding hydrogens is 338 g/mol. The normalized spacial score (nSPS) is 11.4. The van der Waals surface area contributed by atoms with Crippen molar-refractivity contribution < 1.29 is 32.6 Å². The highest BCUT2D eigenvalue weighted by Gasteiger charge is 2.19. The van der Waals surface area contributed by atoms with Crippen molar-refractivity contribution in [3.63, 3.8) is 0 Å². The average Bonchev–Trinajstić information content (AvgIpc) is 2.57. The number of esters is 1. The first-order chi connectivity index (χ1) is 11.8. The minimum Gasteiger partial charge on any atom is -0.451 e. The zero-order valence-corrected chi connectivity index (χ0v) is 13.5. The van der Waals surface area contributed by atoms with Crippen molar-refractivity contribution in [1.82, 2.24) is 10.6 Å². The molecule has 0 aliphatic carbocycles. The van der Waals surface area contributed by atoms with E-state index in [1.54, 1.807) is 0 Å². The monoisotopic (exact) mass is 356 g/mol. The summed E-state index contributed by atoms with van der Waals surface area (Å²) in [5.41, 5.74) is -0.160. The Bertz CT molecular complexity index is 637. The number of carbonyl (C=O) groups excluding carboxylic acids is 3. The second-order valence-corrected chi connectivity index (χ2v) is 4.72. The van der Waals surface area contributed by atoms with E-state index in [9.17, 15) is 23.2 Å². The zero-order valence-electron chi connectivity index (χ0n) is 13.5. The van der Waals surface area contributed by atoms with Gasteiger partial charge in [-0.25, -0.2) is 0 Å². The first-order valence-electron chi connectivity index (χ1n) is 7.25. The SMILES string of the molecule is C=CCNC(=O)[C@H](C)OC(=O)CNC(=O)c1ccccc1OC(F)F. The summed E-state index contributed by atoms with van der Waals surface area (Å²) in [5.74, 6) is -2.49. The Labute approximate surface area is 143 Å². The fourth-order valence-corrected chi connectivity index (χ4v) is 1.71.